The summed E-state index contributed by atoms with van der Waals surface area (Å²) in [7, 11) is 0. The summed E-state index contributed by atoms with van der Waals surface area (Å²) >= 11 is 0. The zero-order chi connectivity index (χ0) is 14.9. The molecule has 0 saturated carbocycles. The molecule has 0 rings (SSSR count). The van der Waals surface area contributed by atoms with Crippen molar-refractivity contribution in [3.05, 3.63) is 24.3 Å². The third kappa shape index (κ3) is 16.9. The molecule has 116 valence electrons. The monoisotopic (exact) mass is 280 g/mol. The van der Waals surface area contributed by atoms with Crippen LogP contribution in [0, 0.1) is 0 Å². The van der Waals surface area contributed by atoms with Gasteiger partial charge in [0.15, 0.2) is 0 Å². The van der Waals surface area contributed by atoms with Crippen LogP contribution in [0.1, 0.15) is 84.0 Å². The van der Waals surface area contributed by atoms with E-state index < -0.39 is 5.97 Å². The van der Waals surface area contributed by atoms with Gasteiger partial charge in [0.2, 0.25) is 0 Å². The summed E-state index contributed by atoms with van der Waals surface area (Å²) in [4.78, 5) is 10.2. The Kier molecular flexibility index (Phi) is 15.2. The molecule has 0 unspecified atom stereocenters. The maximum atomic E-state index is 10.2. The van der Waals surface area contributed by atoms with E-state index in [2.05, 4.69) is 19.1 Å². The molecule has 0 spiro atoms. The molecule has 0 aliphatic heterocycles. The molecule has 0 aromatic heterocycles. The Bertz CT molecular complexity index is 267. The first-order chi connectivity index (χ1) is 9.77. The number of aliphatic carboxylic acids is 1. The Hall–Kier alpha value is -1.05. The fourth-order valence-corrected chi connectivity index (χ4v) is 2.16. The molecule has 0 fully saturated rings. The molecule has 20 heavy (non-hydrogen) atoms. The minimum atomic E-state index is -0.843. The maximum absolute atomic E-state index is 10.2. The van der Waals surface area contributed by atoms with E-state index in [1.165, 1.54) is 70.3 Å². The van der Waals surface area contributed by atoms with Gasteiger partial charge in [-0.05, 0) is 38.5 Å². The van der Waals surface area contributed by atoms with Gasteiger partial charge in [0.1, 0.15) is 0 Å². The summed E-state index contributed by atoms with van der Waals surface area (Å²) < 4.78 is 0. The highest BCUT2D eigenvalue weighted by Crippen LogP contribution is 2.08. The molecule has 2 nitrogen and oxygen atoms in total. The van der Waals surface area contributed by atoms with Gasteiger partial charge in [0.05, 0.1) is 0 Å². The molecule has 0 radical (unpaired) electrons. The normalized spacial score (nSPS) is 11.7. The second-order valence-corrected chi connectivity index (χ2v) is 5.41. The standard InChI is InChI=1S/C18H32O2/c1-2-3-4-5-6-7-8-9-10-11-12-13-14-15-16-17-18(19)20/h8-9,16-17H,2-7,10-15H2,1H3,(H,19,20). The van der Waals surface area contributed by atoms with Crippen LogP contribution in [0.3, 0.4) is 0 Å². The van der Waals surface area contributed by atoms with Crippen molar-refractivity contribution < 1.29 is 9.90 Å². The summed E-state index contributed by atoms with van der Waals surface area (Å²) in [5.74, 6) is -0.843. The van der Waals surface area contributed by atoms with E-state index in [0.717, 1.165) is 12.8 Å². The first-order valence-corrected chi connectivity index (χ1v) is 8.31. The van der Waals surface area contributed by atoms with Crippen molar-refractivity contribution in [1.82, 2.24) is 0 Å². The van der Waals surface area contributed by atoms with E-state index >= 15 is 0 Å². The molecule has 1 N–H and O–H groups in total. The highest BCUT2D eigenvalue weighted by atomic mass is 16.4. The van der Waals surface area contributed by atoms with E-state index in [1.54, 1.807) is 6.08 Å². The summed E-state index contributed by atoms with van der Waals surface area (Å²) in [6.07, 6.45) is 22.6. The lowest BCUT2D eigenvalue weighted by molar-refractivity contribution is -0.131. The highest BCUT2D eigenvalue weighted by Gasteiger charge is 1.90. The van der Waals surface area contributed by atoms with Gasteiger partial charge >= 0.3 is 5.97 Å². The fourth-order valence-electron chi connectivity index (χ4n) is 2.16. The lowest BCUT2D eigenvalue weighted by Crippen LogP contribution is -1.85. The van der Waals surface area contributed by atoms with Gasteiger partial charge < -0.3 is 5.11 Å². The lowest BCUT2D eigenvalue weighted by Gasteiger charge is -1.98. The first kappa shape index (κ1) is 18.9. The summed E-state index contributed by atoms with van der Waals surface area (Å²) in [5.41, 5.74) is 0. The van der Waals surface area contributed by atoms with Crippen molar-refractivity contribution in [3.63, 3.8) is 0 Å². The van der Waals surface area contributed by atoms with Crippen LogP contribution in [0.4, 0.5) is 0 Å². The predicted octanol–water partition coefficient (Wildman–Crippen LogP) is 5.88. The van der Waals surface area contributed by atoms with Crippen molar-refractivity contribution in [3.8, 4) is 0 Å². The summed E-state index contributed by atoms with van der Waals surface area (Å²) in [6.45, 7) is 2.25. The third-order valence-electron chi connectivity index (χ3n) is 3.39. The van der Waals surface area contributed by atoms with Crippen molar-refractivity contribution in [2.75, 3.05) is 0 Å². The van der Waals surface area contributed by atoms with Crippen LogP contribution in [0.15, 0.2) is 24.3 Å². The summed E-state index contributed by atoms with van der Waals surface area (Å²) in [6, 6.07) is 0. The number of carbonyl (C=O) groups is 1. The molecule has 0 bridgehead atoms. The van der Waals surface area contributed by atoms with Gasteiger partial charge in [0.25, 0.3) is 0 Å². The molecular weight excluding hydrogens is 248 g/mol. The number of hydrogen-bond donors (Lipinski definition) is 1. The van der Waals surface area contributed by atoms with Gasteiger partial charge in [-0.2, -0.15) is 0 Å². The number of carboxylic acids is 1. The Morgan fingerprint density at radius 1 is 0.750 bits per heavy atom. The van der Waals surface area contributed by atoms with E-state index in [-0.39, 0.29) is 0 Å². The maximum Gasteiger partial charge on any atom is 0.327 e. The van der Waals surface area contributed by atoms with Gasteiger partial charge in [-0.1, -0.05) is 63.7 Å². The smallest absolute Gasteiger partial charge is 0.327 e. The first-order valence-electron chi connectivity index (χ1n) is 8.31. The van der Waals surface area contributed by atoms with E-state index in [0.29, 0.717) is 0 Å². The Morgan fingerprint density at radius 2 is 1.20 bits per heavy atom. The number of unbranched alkanes of at least 4 members (excludes halogenated alkanes) is 10. The van der Waals surface area contributed by atoms with E-state index in [9.17, 15) is 4.79 Å². The number of hydrogen-bond acceptors (Lipinski definition) is 1. The van der Waals surface area contributed by atoms with E-state index in [1.807, 2.05) is 0 Å². The Balaban J connectivity index is 3.13. The minimum absolute atomic E-state index is 0.843. The van der Waals surface area contributed by atoms with Crippen molar-refractivity contribution in [2.24, 2.45) is 0 Å². The van der Waals surface area contributed by atoms with Crippen LogP contribution in [0.25, 0.3) is 0 Å². The van der Waals surface area contributed by atoms with Crippen LogP contribution >= 0.6 is 0 Å². The molecule has 0 atom stereocenters. The van der Waals surface area contributed by atoms with Crippen LogP contribution in [0.5, 0.6) is 0 Å². The lowest BCUT2D eigenvalue weighted by atomic mass is 10.1. The minimum Gasteiger partial charge on any atom is -0.478 e. The fraction of sp³-hybridized carbons (Fsp3) is 0.722. The zero-order valence-corrected chi connectivity index (χ0v) is 13.2. The van der Waals surface area contributed by atoms with Crippen LogP contribution in [0.2, 0.25) is 0 Å². The number of allylic oxidation sites excluding steroid dienone is 3. The van der Waals surface area contributed by atoms with Crippen molar-refractivity contribution >= 4 is 5.97 Å². The SMILES string of the molecule is CCCCCCCC=CCCCCCCC=CC(=O)O. The van der Waals surface area contributed by atoms with Gasteiger partial charge in [0, 0.05) is 6.08 Å². The van der Waals surface area contributed by atoms with E-state index in [4.69, 9.17) is 5.11 Å². The molecular formula is C18H32O2. The van der Waals surface area contributed by atoms with Gasteiger partial charge in [-0.25, -0.2) is 4.79 Å². The second-order valence-electron chi connectivity index (χ2n) is 5.41. The molecule has 0 aliphatic rings. The molecule has 0 amide bonds. The molecule has 0 aromatic rings. The number of rotatable bonds is 14. The number of carboxylic acid groups (broad SMARTS) is 1. The topological polar surface area (TPSA) is 37.3 Å². The van der Waals surface area contributed by atoms with Gasteiger partial charge in [-0.15, -0.1) is 0 Å². The Labute approximate surface area is 125 Å². The van der Waals surface area contributed by atoms with Crippen molar-refractivity contribution in [2.45, 2.75) is 84.0 Å². The molecule has 2 heteroatoms. The summed E-state index contributed by atoms with van der Waals surface area (Å²) in [5, 5.41) is 8.42. The zero-order valence-electron chi connectivity index (χ0n) is 13.2. The average molecular weight is 280 g/mol. The molecule has 0 aromatic carbocycles. The largest absolute Gasteiger partial charge is 0.478 e. The molecule has 0 heterocycles. The third-order valence-corrected chi connectivity index (χ3v) is 3.39. The van der Waals surface area contributed by atoms with Crippen LogP contribution < -0.4 is 0 Å². The predicted molar refractivity (Wildman–Crippen MR) is 87.0 cm³/mol. The quantitative estimate of drug-likeness (QED) is 0.245. The van der Waals surface area contributed by atoms with Crippen LogP contribution in [-0.2, 0) is 4.79 Å². The van der Waals surface area contributed by atoms with Crippen molar-refractivity contribution in [1.29, 1.82) is 0 Å². The van der Waals surface area contributed by atoms with Gasteiger partial charge in [-0.3, -0.25) is 0 Å². The van der Waals surface area contributed by atoms with Crippen LogP contribution in [-0.4, -0.2) is 11.1 Å². The Morgan fingerprint density at radius 3 is 1.65 bits per heavy atom. The second kappa shape index (κ2) is 16.0. The molecule has 0 aliphatic carbocycles. The molecule has 0 saturated heterocycles. The average Bonchev–Trinajstić information content (AvgIpc) is 2.43. The highest BCUT2D eigenvalue weighted by molar-refractivity contribution is 5.79.